The summed E-state index contributed by atoms with van der Waals surface area (Å²) in [5.74, 6) is 0.585. The van der Waals surface area contributed by atoms with Crippen molar-refractivity contribution in [2.75, 3.05) is 0 Å². The van der Waals surface area contributed by atoms with Gasteiger partial charge in [-0.2, -0.15) is 0 Å². The highest BCUT2D eigenvalue weighted by atomic mass is 32.1. The van der Waals surface area contributed by atoms with Gasteiger partial charge >= 0.3 is 0 Å². The Morgan fingerprint density at radius 1 is 1.35 bits per heavy atom. The molecule has 1 heterocycles. The number of nitrogens with zero attached hydrogens (tertiary/aromatic N) is 1. The largest absolute Gasteiger partial charge is 0.486 e. The number of ether oxygens (including phenoxy) is 1. The van der Waals surface area contributed by atoms with Gasteiger partial charge in [-0.1, -0.05) is 13.8 Å². The first-order valence-electron chi connectivity index (χ1n) is 5.47. The normalized spacial score (nSPS) is 10.8. The van der Waals surface area contributed by atoms with Crippen LogP contribution in [0.4, 0.5) is 4.39 Å². The van der Waals surface area contributed by atoms with E-state index in [1.54, 1.807) is 12.3 Å². The molecule has 0 unspecified atom stereocenters. The Morgan fingerprint density at radius 3 is 2.82 bits per heavy atom. The Labute approximate surface area is 104 Å². The lowest BCUT2D eigenvalue weighted by Crippen LogP contribution is -1.97. The summed E-state index contributed by atoms with van der Waals surface area (Å²) in [4.78, 5) is 4.11. The average molecular weight is 251 g/mol. The van der Waals surface area contributed by atoms with Crippen molar-refractivity contribution in [1.82, 2.24) is 4.98 Å². The van der Waals surface area contributed by atoms with Crippen LogP contribution in [0.15, 0.2) is 29.8 Å². The van der Waals surface area contributed by atoms with Gasteiger partial charge in [-0.3, -0.25) is 0 Å². The highest BCUT2D eigenvalue weighted by molar-refractivity contribution is 7.09. The first-order chi connectivity index (χ1) is 8.15. The molecule has 0 aliphatic heterocycles. The number of aromatic nitrogens is 1. The van der Waals surface area contributed by atoms with Crippen molar-refractivity contribution >= 4 is 11.3 Å². The number of rotatable bonds is 4. The van der Waals surface area contributed by atoms with E-state index in [0.717, 1.165) is 10.6 Å². The molecule has 2 rings (SSSR count). The van der Waals surface area contributed by atoms with Gasteiger partial charge in [-0.05, 0) is 23.6 Å². The van der Waals surface area contributed by atoms with Crippen LogP contribution in [0.2, 0.25) is 0 Å². The third kappa shape index (κ3) is 3.27. The molecule has 0 N–H and O–H groups in total. The van der Waals surface area contributed by atoms with Crippen LogP contribution in [0.3, 0.4) is 0 Å². The second-order valence-electron chi connectivity index (χ2n) is 4.09. The highest BCUT2D eigenvalue weighted by Crippen LogP contribution is 2.23. The highest BCUT2D eigenvalue weighted by Gasteiger charge is 2.06. The van der Waals surface area contributed by atoms with Gasteiger partial charge in [0.05, 0.1) is 0 Å². The standard InChI is InChI=1S/C13H14FNOS/c1-9(2)10-5-11(14)7-12(6-10)16-8-13-15-3-4-17-13/h3-7,9H,8H2,1-2H3. The van der Waals surface area contributed by atoms with Crippen LogP contribution in [0.25, 0.3) is 0 Å². The molecule has 0 fully saturated rings. The molecule has 17 heavy (non-hydrogen) atoms. The van der Waals surface area contributed by atoms with Crippen molar-refractivity contribution < 1.29 is 9.13 Å². The zero-order valence-corrected chi connectivity index (χ0v) is 10.6. The molecule has 0 bridgehead atoms. The van der Waals surface area contributed by atoms with E-state index in [0.29, 0.717) is 12.4 Å². The molecule has 0 aliphatic rings. The van der Waals surface area contributed by atoms with Crippen LogP contribution in [-0.4, -0.2) is 4.98 Å². The first kappa shape index (κ1) is 12.0. The quantitative estimate of drug-likeness (QED) is 0.819. The molecule has 0 atom stereocenters. The van der Waals surface area contributed by atoms with Crippen molar-refractivity contribution in [3.05, 3.63) is 46.2 Å². The van der Waals surface area contributed by atoms with Gasteiger partial charge in [0, 0.05) is 17.6 Å². The summed E-state index contributed by atoms with van der Waals surface area (Å²) in [6, 6.07) is 4.82. The SMILES string of the molecule is CC(C)c1cc(F)cc(OCc2nccs2)c1. The van der Waals surface area contributed by atoms with E-state index < -0.39 is 0 Å². The van der Waals surface area contributed by atoms with Crippen molar-refractivity contribution in [2.45, 2.75) is 26.4 Å². The summed E-state index contributed by atoms with van der Waals surface area (Å²) in [5, 5.41) is 2.78. The molecule has 0 aliphatic carbocycles. The fourth-order valence-corrected chi connectivity index (χ4v) is 2.00. The monoisotopic (exact) mass is 251 g/mol. The van der Waals surface area contributed by atoms with Gasteiger partial charge in [-0.15, -0.1) is 11.3 Å². The van der Waals surface area contributed by atoms with Crippen LogP contribution in [0.5, 0.6) is 5.75 Å². The van der Waals surface area contributed by atoms with Gasteiger partial charge in [0.1, 0.15) is 23.2 Å². The number of hydrogen-bond donors (Lipinski definition) is 0. The maximum absolute atomic E-state index is 13.4. The van der Waals surface area contributed by atoms with Crippen molar-refractivity contribution in [3.8, 4) is 5.75 Å². The third-order valence-electron chi connectivity index (χ3n) is 2.41. The molecule has 0 saturated carbocycles. The summed E-state index contributed by atoms with van der Waals surface area (Å²) in [5.41, 5.74) is 0.944. The minimum absolute atomic E-state index is 0.259. The van der Waals surface area contributed by atoms with Gasteiger partial charge in [0.25, 0.3) is 0 Å². The van der Waals surface area contributed by atoms with Crippen LogP contribution < -0.4 is 4.74 Å². The van der Waals surface area contributed by atoms with E-state index in [1.165, 1.54) is 17.4 Å². The molecule has 2 nitrogen and oxygen atoms in total. The maximum Gasteiger partial charge on any atom is 0.140 e. The molecule has 90 valence electrons. The molecular formula is C13H14FNOS. The van der Waals surface area contributed by atoms with Gasteiger partial charge in [-0.25, -0.2) is 9.37 Å². The second-order valence-corrected chi connectivity index (χ2v) is 5.07. The third-order valence-corrected chi connectivity index (χ3v) is 3.16. The number of hydrogen-bond acceptors (Lipinski definition) is 3. The topological polar surface area (TPSA) is 22.1 Å². The molecular weight excluding hydrogens is 237 g/mol. The van der Waals surface area contributed by atoms with E-state index in [-0.39, 0.29) is 11.7 Å². The maximum atomic E-state index is 13.4. The van der Waals surface area contributed by atoms with Crippen LogP contribution >= 0.6 is 11.3 Å². The zero-order valence-electron chi connectivity index (χ0n) is 9.81. The minimum atomic E-state index is -0.259. The Hall–Kier alpha value is -1.42. The van der Waals surface area contributed by atoms with Crippen LogP contribution in [0, 0.1) is 5.82 Å². The Morgan fingerprint density at radius 2 is 2.18 bits per heavy atom. The lowest BCUT2D eigenvalue weighted by Gasteiger charge is -2.09. The number of thiazole rings is 1. The Bertz CT molecular complexity index is 482. The average Bonchev–Trinajstić information content (AvgIpc) is 2.78. The molecule has 1 aromatic carbocycles. The Balaban J connectivity index is 2.10. The van der Waals surface area contributed by atoms with E-state index in [2.05, 4.69) is 4.98 Å². The van der Waals surface area contributed by atoms with E-state index in [1.807, 2.05) is 25.3 Å². The number of halogens is 1. The molecule has 2 aromatic rings. The molecule has 0 saturated heterocycles. The van der Waals surface area contributed by atoms with Crippen molar-refractivity contribution in [2.24, 2.45) is 0 Å². The summed E-state index contributed by atoms with van der Waals surface area (Å²) in [6.45, 7) is 4.44. The lowest BCUT2D eigenvalue weighted by molar-refractivity contribution is 0.303. The van der Waals surface area contributed by atoms with Crippen LogP contribution in [0.1, 0.15) is 30.3 Å². The zero-order chi connectivity index (χ0) is 12.3. The van der Waals surface area contributed by atoms with E-state index in [4.69, 9.17) is 4.74 Å². The summed E-state index contributed by atoms with van der Waals surface area (Å²) in [7, 11) is 0. The molecule has 0 amide bonds. The van der Waals surface area contributed by atoms with Gasteiger partial charge < -0.3 is 4.74 Å². The Kier molecular flexibility index (Phi) is 3.74. The predicted octanol–water partition coefficient (Wildman–Crippen LogP) is 3.98. The van der Waals surface area contributed by atoms with Crippen molar-refractivity contribution in [3.63, 3.8) is 0 Å². The van der Waals surface area contributed by atoms with Gasteiger partial charge in [0.15, 0.2) is 0 Å². The fraction of sp³-hybridized carbons (Fsp3) is 0.308. The number of benzene rings is 1. The van der Waals surface area contributed by atoms with Crippen LogP contribution in [-0.2, 0) is 6.61 Å². The first-order valence-corrected chi connectivity index (χ1v) is 6.35. The smallest absolute Gasteiger partial charge is 0.140 e. The molecule has 0 spiro atoms. The summed E-state index contributed by atoms with van der Waals surface area (Å²) in [6.07, 6.45) is 1.73. The van der Waals surface area contributed by atoms with E-state index >= 15 is 0 Å². The van der Waals surface area contributed by atoms with Gasteiger partial charge in [0.2, 0.25) is 0 Å². The molecule has 4 heteroatoms. The lowest BCUT2D eigenvalue weighted by atomic mass is 10.0. The van der Waals surface area contributed by atoms with Crippen molar-refractivity contribution in [1.29, 1.82) is 0 Å². The summed E-state index contributed by atoms with van der Waals surface area (Å²) < 4.78 is 18.9. The summed E-state index contributed by atoms with van der Waals surface area (Å²) >= 11 is 1.53. The second kappa shape index (κ2) is 5.27. The fourth-order valence-electron chi connectivity index (χ4n) is 1.47. The van der Waals surface area contributed by atoms with E-state index in [9.17, 15) is 4.39 Å². The minimum Gasteiger partial charge on any atom is -0.486 e. The predicted molar refractivity (Wildman–Crippen MR) is 66.9 cm³/mol. The molecule has 0 radical (unpaired) electrons. The molecule has 1 aromatic heterocycles.